The molecule has 0 bridgehead atoms. The van der Waals surface area contributed by atoms with Crippen molar-refractivity contribution < 1.29 is 50.0 Å². The molecule has 7 N–H and O–H groups in total. The fourth-order valence-electron chi connectivity index (χ4n) is 3.36. The molecule has 1 aromatic heterocycles. The zero-order chi connectivity index (χ0) is 28.2. The molecule has 0 saturated carbocycles. The van der Waals surface area contributed by atoms with Crippen LogP contribution in [0, 0.1) is 0 Å². The summed E-state index contributed by atoms with van der Waals surface area (Å²) in [5.74, 6) is -0.122. The van der Waals surface area contributed by atoms with Crippen LogP contribution in [0.1, 0.15) is 22.9 Å². The molecule has 39 heavy (non-hydrogen) atoms. The number of benzene rings is 2. The Kier molecular flexibility index (Phi) is 11.5. The molecule has 0 atom stereocenters. The van der Waals surface area contributed by atoms with Crippen molar-refractivity contribution >= 4 is 12.2 Å². The van der Waals surface area contributed by atoms with Gasteiger partial charge in [-0.15, -0.1) is 5.10 Å². The third-order valence-electron chi connectivity index (χ3n) is 5.56. The third-order valence-corrected chi connectivity index (χ3v) is 5.56. The van der Waals surface area contributed by atoms with E-state index in [1.807, 2.05) is 0 Å². The van der Waals surface area contributed by atoms with Gasteiger partial charge in [-0.3, -0.25) is 0 Å². The minimum Gasteiger partial charge on any atom is -0.508 e. The molecule has 0 fully saturated rings. The van der Waals surface area contributed by atoms with Gasteiger partial charge in [0.05, 0.1) is 45.8 Å². The van der Waals surface area contributed by atoms with E-state index in [0.29, 0.717) is 22.6 Å². The third kappa shape index (κ3) is 9.21. The number of nitrogens with zero attached hydrogens (tertiary/aromatic N) is 3. The summed E-state index contributed by atoms with van der Waals surface area (Å²) in [7, 11) is 0. The minimum atomic E-state index is -0.793. The van der Waals surface area contributed by atoms with Crippen LogP contribution >= 0.6 is 0 Å². The van der Waals surface area contributed by atoms with E-state index >= 15 is 0 Å². The summed E-state index contributed by atoms with van der Waals surface area (Å²) < 4.78 is 18.2. The average Bonchev–Trinajstić information content (AvgIpc) is 3.41. The summed E-state index contributed by atoms with van der Waals surface area (Å²) in [6.45, 7) is -1.51. The first kappa shape index (κ1) is 29.8. The summed E-state index contributed by atoms with van der Waals surface area (Å²) in [6.07, 6.45) is 3.41. The molecule has 3 aromatic rings. The summed E-state index contributed by atoms with van der Waals surface area (Å²) in [4.78, 5) is 0. The summed E-state index contributed by atoms with van der Waals surface area (Å²) in [5.41, 5.74) is 1.71. The van der Waals surface area contributed by atoms with Gasteiger partial charge in [-0.25, -0.2) is 4.68 Å². The number of phenolic OH excluding ortho intramolecular Hbond substituents is 3. The molecule has 0 aliphatic carbocycles. The summed E-state index contributed by atoms with van der Waals surface area (Å²) in [6, 6.07) is 8.51. The number of aromatic nitrogens is 3. The maximum Gasteiger partial charge on any atom is 0.157 e. The lowest BCUT2D eigenvalue weighted by atomic mass is 10.1. The molecule has 0 amide bonds. The molecule has 0 radical (unpaired) electrons. The van der Waals surface area contributed by atoms with Crippen molar-refractivity contribution in [1.82, 2.24) is 15.0 Å². The molecule has 0 aliphatic rings. The Bertz CT molecular complexity index is 1180. The van der Waals surface area contributed by atoms with Crippen molar-refractivity contribution in [2.75, 3.05) is 39.6 Å². The fraction of sp³-hybridized carbons (Fsp3) is 0.385. The normalized spacial score (nSPS) is 11.9. The van der Waals surface area contributed by atoms with E-state index in [2.05, 4.69) is 10.3 Å². The van der Waals surface area contributed by atoms with E-state index in [4.69, 9.17) is 14.2 Å². The van der Waals surface area contributed by atoms with E-state index < -0.39 is 18.2 Å². The smallest absolute Gasteiger partial charge is 0.157 e. The van der Waals surface area contributed by atoms with Crippen LogP contribution in [0.5, 0.6) is 23.0 Å². The Labute approximate surface area is 224 Å². The Morgan fingerprint density at radius 2 is 1.41 bits per heavy atom. The molecule has 13 heteroatoms. The summed E-state index contributed by atoms with van der Waals surface area (Å²) in [5, 5.41) is 74.4. The second kappa shape index (κ2) is 15.0. The first-order chi connectivity index (χ1) is 18.8. The van der Waals surface area contributed by atoms with Crippen LogP contribution in [-0.4, -0.2) is 103 Å². The number of phenols is 3. The van der Waals surface area contributed by atoms with Gasteiger partial charge in [-0.2, -0.15) is 0 Å². The highest BCUT2D eigenvalue weighted by Gasteiger charge is 2.19. The van der Waals surface area contributed by atoms with Crippen LogP contribution in [-0.2, 0) is 16.1 Å². The number of aromatic hydroxyl groups is 3. The first-order valence-corrected chi connectivity index (χ1v) is 12.1. The van der Waals surface area contributed by atoms with Gasteiger partial charge in [0.15, 0.2) is 11.5 Å². The Balaban J connectivity index is 1.66. The second-order valence-electron chi connectivity index (χ2n) is 8.62. The zero-order valence-electron chi connectivity index (χ0n) is 21.1. The standard InChI is InChI=1S/C26H33N3O10/c30-10-23(11-31)38-15-20(16-39-24(12-32)13-33)29-9-19(27-28-29)14-37-22-6-18(5-21(34)8-22)2-1-17-3-4-25(35)26(36)7-17/h1-9,20,23-24,30-36H,10-16H2/b2-1+. The zero-order valence-corrected chi connectivity index (χ0v) is 21.1. The van der Waals surface area contributed by atoms with Gasteiger partial charge in [-0.1, -0.05) is 23.4 Å². The van der Waals surface area contributed by atoms with Gasteiger partial charge in [0.1, 0.15) is 42.0 Å². The molecule has 3 rings (SSSR count). The number of rotatable bonds is 16. The lowest BCUT2D eigenvalue weighted by Gasteiger charge is -2.22. The highest BCUT2D eigenvalue weighted by molar-refractivity contribution is 5.72. The molecule has 0 unspecified atom stereocenters. The molecule has 0 spiro atoms. The topological polar surface area (TPSA) is 200 Å². The Hall–Kier alpha value is -3.72. The van der Waals surface area contributed by atoms with Crippen molar-refractivity contribution in [3.8, 4) is 23.0 Å². The van der Waals surface area contributed by atoms with Crippen molar-refractivity contribution in [3.63, 3.8) is 0 Å². The van der Waals surface area contributed by atoms with E-state index in [9.17, 15) is 35.7 Å². The van der Waals surface area contributed by atoms with Gasteiger partial charge < -0.3 is 50.0 Å². The van der Waals surface area contributed by atoms with Crippen molar-refractivity contribution in [2.24, 2.45) is 0 Å². The SMILES string of the molecule is OCC(CO)OCC(COC(CO)CO)n1cc(COc2cc(O)cc(/C=C/c3ccc(O)c(O)c3)c2)nn1. The molecule has 0 saturated heterocycles. The number of ether oxygens (including phenoxy) is 3. The predicted octanol–water partition coefficient (Wildman–Crippen LogP) is 0.425. The molecule has 13 nitrogen and oxygen atoms in total. The van der Waals surface area contributed by atoms with E-state index in [0.717, 1.165) is 0 Å². The quantitative estimate of drug-likeness (QED) is 0.0965. The van der Waals surface area contributed by atoms with Gasteiger partial charge in [-0.05, 0) is 35.4 Å². The minimum absolute atomic E-state index is 0.0000786. The van der Waals surface area contributed by atoms with Gasteiger partial charge in [0, 0.05) is 6.07 Å². The summed E-state index contributed by atoms with van der Waals surface area (Å²) >= 11 is 0. The van der Waals surface area contributed by atoms with Gasteiger partial charge in [0.2, 0.25) is 0 Å². The van der Waals surface area contributed by atoms with Crippen LogP contribution in [0.25, 0.3) is 12.2 Å². The maximum absolute atomic E-state index is 10.1. The largest absolute Gasteiger partial charge is 0.508 e. The van der Waals surface area contributed by atoms with Crippen LogP contribution in [0.4, 0.5) is 0 Å². The molecular weight excluding hydrogens is 514 g/mol. The molecule has 2 aromatic carbocycles. The van der Waals surface area contributed by atoms with E-state index in [1.165, 1.54) is 28.9 Å². The average molecular weight is 548 g/mol. The number of hydrogen-bond acceptors (Lipinski definition) is 12. The van der Waals surface area contributed by atoms with E-state index in [1.54, 1.807) is 30.5 Å². The molecule has 1 heterocycles. The van der Waals surface area contributed by atoms with Crippen molar-refractivity contribution in [2.45, 2.75) is 24.9 Å². The second-order valence-corrected chi connectivity index (χ2v) is 8.62. The Morgan fingerprint density at radius 3 is 2.03 bits per heavy atom. The maximum atomic E-state index is 10.1. The molecule has 0 aliphatic heterocycles. The van der Waals surface area contributed by atoms with Crippen molar-refractivity contribution in [1.29, 1.82) is 0 Å². The lowest BCUT2D eigenvalue weighted by molar-refractivity contribution is -0.0680. The monoisotopic (exact) mass is 547 g/mol. The lowest BCUT2D eigenvalue weighted by Crippen LogP contribution is -2.31. The van der Waals surface area contributed by atoms with Gasteiger partial charge >= 0.3 is 0 Å². The predicted molar refractivity (Wildman–Crippen MR) is 138 cm³/mol. The van der Waals surface area contributed by atoms with Crippen LogP contribution in [0.15, 0.2) is 42.6 Å². The fourth-order valence-corrected chi connectivity index (χ4v) is 3.36. The number of hydrogen-bond donors (Lipinski definition) is 7. The Morgan fingerprint density at radius 1 is 0.769 bits per heavy atom. The first-order valence-electron chi connectivity index (χ1n) is 12.1. The number of aliphatic hydroxyl groups is 4. The molecule has 212 valence electrons. The number of aliphatic hydroxyl groups excluding tert-OH is 4. The van der Waals surface area contributed by atoms with E-state index in [-0.39, 0.29) is 63.5 Å². The van der Waals surface area contributed by atoms with Crippen LogP contribution in [0.3, 0.4) is 0 Å². The highest BCUT2D eigenvalue weighted by Crippen LogP contribution is 2.27. The van der Waals surface area contributed by atoms with Crippen LogP contribution in [0.2, 0.25) is 0 Å². The van der Waals surface area contributed by atoms with Crippen molar-refractivity contribution in [3.05, 3.63) is 59.4 Å². The van der Waals surface area contributed by atoms with Gasteiger partial charge in [0.25, 0.3) is 0 Å². The molecular formula is C26H33N3O10. The highest BCUT2D eigenvalue weighted by atomic mass is 16.5. The van der Waals surface area contributed by atoms with Crippen LogP contribution < -0.4 is 4.74 Å².